The van der Waals surface area contributed by atoms with Gasteiger partial charge in [-0.25, -0.2) is 0 Å². The largest absolute Gasteiger partial charge is 0.349 e. The van der Waals surface area contributed by atoms with Crippen molar-refractivity contribution < 1.29 is 14.3 Å². The Morgan fingerprint density at radius 3 is 2.52 bits per heavy atom. The molecule has 1 fully saturated rings. The number of piperidine rings is 1. The molecule has 5 nitrogen and oxygen atoms in total. The van der Waals surface area contributed by atoms with E-state index in [0.29, 0.717) is 19.1 Å². The second kappa shape index (κ2) is 9.38. The monoisotopic (exact) mass is 468 g/mol. The summed E-state index contributed by atoms with van der Waals surface area (Å²) < 4.78 is 10.9. The molecule has 2 aromatic carbocycles. The van der Waals surface area contributed by atoms with Gasteiger partial charge in [-0.15, -0.1) is 0 Å². The molecule has 176 valence electrons. The summed E-state index contributed by atoms with van der Waals surface area (Å²) >= 11 is 6.46. The Kier molecular flexibility index (Phi) is 6.49. The van der Waals surface area contributed by atoms with E-state index in [1.165, 1.54) is 22.3 Å². The Morgan fingerprint density at radius 1 is 1.09 bits per heavy atom. The summed E-state index contributed by atoms with van der Waals surface area (Å²) in [5.41, 5.74) is 5.81. The smallest absolute Gasteiger partial charge is 0.277 e. The summed E-state index contributed by atoms with van der Waals surface area (Å²) in [5.74, 6) is 0.307. The van der Waals surface area contributed by atoms with Gasteiger partial charge in [-0.2, -0.15) is 0 Å². The van der Waals surface area contributed by atoms with Crippen LogP contribution in [0.2, 0.25) is 5.02 Å². The van der Waals surface area contributed by atoms with E-state index in [9.17, 15) is 4.79 Å². The minimum atomic E-state index is -0.816. The molecule has 0 aromatic heterocycles. The first-order valence-electron chi connectivity index (χ1n) is 12.2. The lowest BCUT2D eigenvalue weighted by atomic mass is 9.74. The maximum absolute atomic E-state index is 12.6. The zero-order valence-electron chi connectivity index (χ0n) is 19.5. The number of hydrogen-bond acceptors (Lipinski definition) is 4. The molecule has 1 heterocycles. The average molecular weight is 469 g/mol. The standard InChI is InChI=1S/C27H33ClN2O3/c1-3-32-26(33-4-2)25(31)29-19-11-13-30(14-12-19)17-27-16-22(20-7-5-6-8-23(20)27)21-10-9-18(28)15-24(21)27/h5-10,15,19,22,26H,3-4,11-14,16-17H2,1-2H3,(H,29,31)/t22-,27-/m0/s1. The number of amides is 1. The molecule has 1 saturated heterocycles. The Morgan fingerprint density at radius 2 is 1.79 bits per heavy atom. The number of benzene rings is 2. The molecule has 33 heavy (non-hydrogen) atoms. The van der Waals surface area contributed by atoms with Crippen LogP contribution in [-0.4, -0.2) is 56.0 Å². The molecule has 5 rings (SSSR count). The van der Waals surface area contributed by atoms with Crippen LogP contribution >= 0.6 is 11.6 Å². The van der Waals surface area contributed by atoms with E-state index in [0.717, 1.165) is 43.9 Å². The van der Waals surface area contributed by atoms with Crippen LogP contribution in [0.1, 0.15) is 61.3 Å². The minimum Gasteiger partial charge on any atom is -0.349 e. The molecular weight excluding hydrogens is 436 g/mol. The summed E-state index contributed by atoms with van der Waals surface area (Å²) in [7, 11) is 0. The Balaban J connectivity index is 1.28. The molecule has 0 radical (unpaired) electrons. The van der Waals surface area contributed by atoms with Crippen molar-refractivity contribution in [2.45, 2.75) is 56.8 Å². The fourth-order valence-corrected chi connectivity index (χ4v) is 6.38. The molecule has 2 aromatic rings. The highest BCUT2D eigenvalue weighted by Crippen LogP contribution is 2.60. The number of fused-ring (bicyclic) bond motifs is 8. The second-order valence-corrected chi connectivity index (χ2v) is 9.90. The fourth-order valence-electron chi connectivity index (χ4n) is 6.21. The number of rotatable bonds is 8. The van der Waals surface area contributed by atoms with Crippen molar-refractivity contribution in [1.29, 1.82) is 0 Å². The van der Waals surface area contributed by atoms with Crippen molar-refractivity contribution >= 4 is 17.5 Å². The number of nitrogens with one attached hydrogen (secondary N) is 1. The lowest BCUT2D eigenvalue weighted by Crippen LogP contribution is -2.50. The zero-order chi connectivity index (χ0) is 23.0. The molecule has 2 aliphatic carbocycles. The SMILES string of the molecule is CCOC(OCC)C(=O)NC1CCN(C[C@@]23C[C@@H](c4ccccc42)c2ccc(Cl)cc23)CC1. The van der Waals surface area contributed by atoms with Gasteiger partial charge in [0, 0.05) is 55.2 Å². The van der Waals surface area contributed by atoms with Gasteiger partial charge in [0.2, 0.25) is 6.29 Å². The molecule has 3 aliphatic rings. The summed E-state index contributed by atoms with van der Waals surface area (Å²) in [6.07, 6.45) is 2.17. The van der Waals surface area contributed by atoms with E-state index in [2.05, 4.69) is 46.6 Å². The van der Waals surface area contributed by atoms with Crippen molar-refractivity contribution in [3.05, 3.63) is 69.7 Å². The van der Waals surface area contributed by atoms with Crippen LogP contribution in [0.3, 0.4) is 0 Å². The highest BCUT2D eigenvalue weighted by molar-refractivity contribution is 6.30. The molecule has 0 unspecified atom stereocenters. The highest BCUT2D eigenvalue weighted by Gasteiger charge is 2.53. The van der Waals surface area contributed by atoms with Gasteiger partial charge in [0.25, 0.3) is 5.91 Å². The number of carbonyl (C=O) groups is 1. The van der Waals surface area contributed by atoms with Crippen LogP contribution in [0, 0.1) is 0 Å². The molecule has 6 heteroatoms. The normalized spacial score (nSPS) is 24.2. The van der Waals surface area contributed by atoms with Crippen LogP contribution in [0.15, 0.2) is 42.5 Å². The Labute approximate surface area is 201 Å². The molecular formula is C27H33ClN2O3. The molecule has 1 aliphatic heterocycles. The lowest BCUT2D eigenvalue weighted by Gasteiger charge is -2.40. The van der Waals surface area contributed by atoms with Crippen LogP contribution in [0.25, 0.3) is 0 Å². The van der Waals surface area contributed by atoms with Crippen LogP contribution in [0.4, 0.5) is 0 Å². The van der Waals surface area contributed by atoms with Crippen molar-refractivity contribution in [1.82, 2.24) is 10.2 Å². The summed E-state index contributed by atoms with van der Waals surface area (Å²) in [5, 5.41) is 3.96. The van der Waals surface area contributed by atoms with Crippen molar-refractivity contribution in [2.75, 3.05) is 32.8 Å². The maximum atomic E-state index is 12.6. The van der Waals surface area contributed by atoms with Crippen molar-refractivity contribution in [3.63, 3.8) is 0 Å². The molecule has 1 amide bonds. The highest BCUT2D eigenvalue weighted by atomic mass is 35.5. The lowest BCUT2D eigenvalue weighted by molar-refractivity contribution is -0.171. The van der Waals surface area contributed by atoms with E-state index in [4.69, 9.17) is 21.1 Å². The molecule has 2 atom stereocenters. The average Bonchev–Trinajstić information content (AvgIpc) is 3.32. The van der Waals surface area contributed by atoms with Gasteiger partial charge in [-0.3, -0.25) is 4.79 Å². The first kappa shape index (κ1) is 22.9. The minimum absolute atomic E-state index is 0.00655. The first-order valence-corrected chi connectivity index (χ1v) is 12.6. The van der Waals surface area contributed by atoms with E-state index >= 15 is 0 Å². The number of halogens is 1. The number of hydrogen-bond donors (Lipinski definition) is 1. The quantitative estimate of drug-likeness (QED) is 0.581. The van der Waals surface area contributed by atoms with Gasteiger partial charge in [0.15, 0.2) is 0 Å². The third-order valence-electron chi connectivity index (χ3n) is 7.59. The van der Waals surface area contributed by atoms with Crippen molar-refractivity contribution in [2.24, 2.45) is 0 Å². The van der Waals surface area contributed by atoms with Gasteiger partial charge in [0.05, 0.1) is 0 Å². The topological polar surface area (TPSA) is 50.8 Å². The van der Waals surface area contributed by atoms with Crippen LogP contribution in [-0.2, 0) is 19.7 Å². The number of likely N-dealkylation sites (tertiary alicyclic amines) is 1. The van der Waals surface area contributed by atoms with Gasteiger partial charge in [-0.1, -0.05) is 41.9 Å². The van der Waals surface area contributed by atoms with E-state index in [1.54, 1.807) is 0 Å². The predicted octanol–water partition coefficient (Wildman–Crippen LogP) is 4.45. The molecule has 0 saturated carbocycles. The Bertz CT molecular complexity index is 1010. The van der Waals surface area contributed by atoms with E-state index in [1.807, 2.05) is 19.9 Å². The van der Waals surface area contributed by atoms with E-state index in [-0.39, 0.29) is 17.4 Å². The fraction of sp³-hybridized carbons (Fsp3) is 0.519. The molecule has 0 spiro atoms. The Hall–Kier alpha value is -1.92. The summed E-state index contributed by atoms with van der Waals surface area (Å²) in [4.78, 5) is 15.1. The number of nitrogens with zero attached hydrogens (tertiary/aromatic N) is 1. The third-order valence-corrected chi connectivity index (χ3v) is 7.82. The van der Waals surface area contributed by atoms with Crippen molar-refractivity contribution in [3.8, 4) is 0 Å². The van der Waals surface area contributed by atoms with Gasteiger partial charge in [0.1, 0.15) is 0 Å². The van der Waals surface area contributed by atoms with Gasteiger partial charge in [-0.05, 0) is 67.5 Å². The maximum Gasteiger partial charge on any atom is 0.277 e. The molecule has 1 N–H and O–H groups in total. The summed E-state index contributed by atoms with van der Waals surface area (Å²) in [6.45, 7) is 7.56. The van der Waals surface area contributed by atoms with Crippen LogP contribution < -0.4 is 5.32 Å². The van der Waals surface area contributed by atoms with Gasteiger partial charge < -0.3 is 19.7 Å². The zero-order valence-corrected chi connectivity index (χ0v) is 20.2. The third kappa shape index (κ3) is 4.10. The first-order chi connectivity index (χ1) is 16.1. The second-order valence-electron chi connectivity index (χ2n) is 9.46. The van der Waals surface area contributed by atoms with Gasteiger partial charge >= 0.3 is 0 Å². The van der Waals surface area contributed by atoms with E-state index < -0.39 is 6.29 Å². The number of carbonyl (C=O) groups excluding carboxylic acids is 1. The summed E-state index contributed by atoms with van der Waals surface area (Å²) in [6, 6.07) is 15.6. The number of ether oxygens (including phenoxy) is 2. The predicted molar refractivity (Wildman–Crippen MR) is 130 cm³/mol. The molecule has 2 bridgehead atoms. The van der Waals surface area contributed by atoms with Crippen LogP contribution in [0.5, 0.6) is 0 Å².